The maximum absolute atomic E-state index is 5.44. The zero-order chi connectivity index (χ0) is 15.2. The van der Waals surface area contributed by atoms with E-state index in [4.69, 9.17) is 9.47 Å². The SMILES string of the molecule is CNC(CSc1nnnn1C)c1cc(OC)ccc1OC. The van der Waals surface area contributed by atoms with Gasteiger partial charge in [0.15, 0.2) is 0 Å². The number of aromatic nitrogens is 4. The largest absolute Gasteiger partial charge is 0.497 e. The van der Waals surface area contributed by atoms with Crippen LogP contribution in [0.2, 0.25) is 0 Å². The predicted octanol–water partition coefficient (Wildman–Crippen LogP) is 1.28. The number of methoxy groups -OCH3 is 2. The molecule has 2 rings (SSSR count). The van der Waals surface area contributed by atoms with Gasteiger partial charge in [-0.25, -0.2) is 4.68 Å². The molecule has 0 spiro atoms. The summed E-state index contributed by atoms with van der Waals surface area (Å²) in [7, 11) is 7.06. The molecule has 0 saturated carbocycles. The zero-order valence-corrected chi connectivity index (χ0v) is 13.3. The number of thioether (sulfide) groups is 1. The highest BCUT2D eigenvalue weighted by molar-refractivity contribution is 7.99. The van der Waals surface area contributed by atoms with Gasteiger partial charge < -0.3 is 14.8 Å². The van der Waals surface area contributed by atoms with Gasteiger partial charge in [-0.2, -0.15) is 0 Å². The topological polar surface area (TPSA) is 74.1 Å². The lowest BCUT2D eigenvalue weighted by Gasteiger charge is -2.19. The number of ether oxygens (including phenoxy) is 2. The molecule has 8 heteroatoms. The molecule has 1 unspecified atom stereocenters. The van der Waals surface area contributed by atoms with Crippen molar-refractivity contribution in [1.29, 1.82) is 0 Å². The van der Waals surface area contributed by atoms with Crippen LogP contribution in [0.3, 0.4) is 0 Å². The first-order chi connectivity index (χ1) is 10.2. The number of rotatable bonds is 7. The Hall–Kier alpha value is -1.80. The average molecular weight is 309 g/mol. The van der Waals surface area contributed by atoms with Crippen LogP contribution in [-0.4, -0.2) is 47.2 Å². The normalized spacial score (nSPS) is 12.2. The molecule has 1 N–H and O–H groups in total. The predicted molar refractivity (Wildman–Crippen MR) is 80.9 cm³/mol. The van der Waals surface area contributed by atoms with Crippen LogP contribution < -0.4 is 14.8 Å². The zero-order valence-electron chi connectivity index (χ0n) is 12.5. The maximum Gasteiger partial charge on any atom is 0.209 e. The summed E-state index contributed by atoms with van der Waals surface area (Å²) >= 11 is 1.58. The summed E-state index contributed by atoms with van der Waals surface area (Å²) in [5, 5.41) is 15.5. The third-order valence-electron chi connectivity index (χ3n) is 3.12. The van der Waals surface area contributed by atoms with E-state index < -0.39 is 0 Å². The molecule has 0 amide bonds. The summed E-state index contributed by atoms with van der Waals surface area (Å²) in [6.07, 6.45) is 0. The van der Waals surface area contributed by atoms with E-state index in [0.29, 0.717) is 0 Å². The number of nitrogens with one attached hydrogen (secondary N) is 1. The van der Waals surface area contributed by atoms with Crippen molar-refractivity contribution in [2.24, 2.45) is 7.05 Å². The molecule has 0 bridgehead atoms. The Morgan fingerprint density at radius 1 is 1.33 bits per heavy atom. The van der Waals surface area contributed by atoms with E-state index in [2.05, 4.69) is 20.8 Å². The van der Waals surface area contributed by atoms with Crippen LogP contribution in [0.15, 0.2) is 23.4 Å². The Morgan fingerprint density at radius 2 is 2.14 bits per heavy atom. The molecule has 1 aromatic carbocycles. The molecule has 0 radical (unpaired) electrons. The van der Waals surface area contributed by atoms with Crippen molar-refractivity contribution >= 4 is 11.8 Å². The second-order valence-corrected chi connectivity index (χ2v) is 5.33. The minimum absolute atomic E-state index is 0.0942. The Kier molecular flexibility index (Phi) is 5.40. The standard InChI is InChI=1S/C13H19N5O2S/c1-14-11(8-21-13-15-16-17-18(13)2)10-7-9(19-3)5-6-12(10)20-4/h5-7,11,14H,8H2,1-4H3. The second kappa shape index (κ2) is 7.28. The molecule has 0 aliphatic carbocycles. The number of tetrazole rings is 1. The second-order valence-electron chi connectivity index (χ2n) is 4.35. The Balaban J connectivity index is 2.18. The van der Waals surface area contributed by atoms with Crippen LogP contribution in [0.5, 0.6) is 11.5 Å². The Labute approximate surface area is 128 Å². The van der Waals surface area contributed by atoms with Crippen LogP contribution in [0.25, 0.3) is 0 Å². The molecule has 0 fully saturated rings. The van der Waals surface area contributed by atoms with Gasteiger partial charge in [-0.15, -0.1) is 5.10 Å². The number of hydrogen-bond acceptors (Lipinski definition) is 7. The maximum atomic E-state index is 5.44. The minimum Gasteiger partial charge on any atom is -0.497 e. The van der Waals surface area contributed by atoms with Crippen molar-refractivity contribution in [1.82, 2.24) is 25.5 Å². The molecule has 7 nitrogen and oxygen atoms in total. The highest BCUT2D eigenvalue weighted by atomic mass is 32.2. The van der Waals surface area contributed by atoms with Crippen LogP contribution in [-0.2, 0) is 7.05 Å². The first-order valence-electron chi connectivity index (χ1n) is 6.44. The van der Waals surface area contributed by atoms with Gasteiger partial charge in [0.1, 0.15) is 11.5 Å². The molecule has 114 valence electrons. The van der Waals surface area contributed by atoms with Gasteiger partial charge in [-0.1, -0.05) is 11.8 Å². The minimum atomic E-state index is 0.0942. The van der Waals surface area contributed by atoms with E-state index in [0.717, 1.165) is 28.0 Å². The van der Waals surface area contributed by atoms with E-state index in [1.807, 2.05) is 32.3 Å². The van der Waals surface area contributed by atoms with Gasteiger partial charge >= 0.3 is 0 Å². The van der Waals surface area contributed by atoms with Gasteiger partial charge in [0.25, 0.3) is 0 Å². The quantitative estimate of drug-likeness (QED) is 0.772. The third-order valence-corrected chi connectivity index (χ3v) is 4.23. The van der Waals surface area contributed by atoms with E-state index >= 15 is 0 Å². The van der Waals surface area contributed by atoms with Crippen LogP contribution in [0.4, 0.5) is 0 Å². The molecule has 21 heavy (non-hydrogen) atoms. The van der Waals surface area contributed by atoms with Crippen LogP contribution in [0.1, 0.15) is 11.6 Å². The molecule has 2 aromatic rings. The van der Waals surface area contributed by atoms with Crippen molar-refractivity contribution in [3.05, 3.63) is 23.8 Å². The monoisotopic (exact) mass is 309 g/mol. The summed E-state index contributed by atoms with van der Waals surface area (Å²) in [6.45, 7) is 0. The van der Waals surface area contributed by atoms with Crippen molar-refractivity contribution in [3.8, 4) is 11.5 Å². The van der Waals surface area contributed by atoms with Gasteiger partial charge in [0, 0.05) is 24.4 Å². The Morgan fingerprint density at radius 3 is 2.71 bits per heavy atom. The highest BCUT2D eigenvalue weighted by Crippen LogP contribution is 2.32. The first kappa shape index (κ1) is 15.6. The third kappa shape index (κ3) is 3.64. The fourth-order valence-corrected chi connectivity index (χ4v) is 2.92. The summed E-state index contributed by atoms with van der Waals surface area (Å²) in [6, 6.07) is 5.87. The molecule has 0 aliphatic heterocycles. The molecule has 1 atom stereocenters. The van der Waals surface area contributed by atoms with Crippen molar-refractivity contribution in [2.75, 3.05) is 27.0 Å². The van der Waals surface area contributed by atoms with E-state index in [9.17, 15) is 0 Å². The van der Waals surface area contributed by atoms with Crippen molar-refractivity contribution in [3.63, 3.8) is 0 Å². The lowest BCUT2D eigenvalue weighted by molar-refractivity contribution is 0.394. The first-order valence-corrected chi connectivity index (χ1v) is 7.42. The smallest absolute Gasteiger partial charge is 0.209 e. The van der Waals surface area contributed by atoms with Crippen molar-refractivity contribution < 1.29 is 9.47 Å². The molecule has 0 saturated heterocycles. The van der Waals surface area contributed by atoms with E-state index in [1.165, 1.54) is 0 Å². The number of aryl methyl sites for hydroxylation is 1. The number of nitrogens with zero attached hydrogens (tertiary/aromatic N) is 4. The van der Waals surface area contributed by atoms with Gasteiger partial charge in [0.2, 0.25) is 5.16 Å². The summed E-state index contributed by atoms with van der Waals surface area (Å²) in [5.41, 5.74) is 1.04. The molecule has 0 aliphatic rings. The summed E-state index contributed by atoms with van der Waals surface area (Å²) < 4.78 is 12.4. The van der Waals surface area contributed by atoms with Gasteiger partial charge in [0.05, 0.1) is 14.2 Å². The van der Waals surface area contributed by atoms with E-state index in [-0.39, 0.29) is 6.04 Å². The van der Waals surface area contributed by atoms with Crippen LogP contribution >= 0.6 is 11.8 Å². The van der Waals surface area contributed by atoms with Gasteiger partial charge in [-0.3, -0.25) is 0 Å². The van der Waals surface area contributed by atoms with Crippen molar-refractivity contribution in [2.45, 2.75) is 11.2 Å². The number of hydrogen-bond donors (Lipinski definition) is 1. The Bertz CT molecular complexity index is 590. The van der Waals surface area contributed by atoms with Crippen LogP contribution in [0, 0.1) is 0 Å². The molecular formula is C13H19N5O2S. The number of benzene rings is 1. The lowest BCUT2D eigenvalue weighted by atomic mass is 10.1. The molecule has 1 aromatic heterocycles. The van der Waals surface area contributed by atoms with Gasteiger partial charge in [-0.05, 0) is 35.7 Å². The fourth-order valence-electron chi connectivity index (χ4n) is 1.94. The highest BCUT2D eigenvalue weighted by Gasteiger charge is 2.17. The lowest BCUT2D eigenvalue weighted by Crippen LogP contribution is -2.20. The average Bonchev–Trinajstić information content (AvgIpc) is 2.93. The van der Waals surface area contributed by atoms with E-state index in [1.54, 1.807) is 30.7 Å². The fraction of sp³-hybridized carbons (Fsp3) is 0.462. The summed E-state index contributed by atoms with van der Waals surface area (Å²) in [4.78, 5) is 0. The molecular weight excluding hydrogens is 290 g/mol. The summed E-state index contributed by atoms with van der Waals surface area (Å²) in [5.74, 6) is 2.40. The molecule has 1 heterocycles.